The van der Waals surface area contributed by atoms with E-state index in [2.05, 4.69) is 20.9 Å². The van der Waals surface area contributed by atoms with Crippen LogP contribution in [0, 0.1) is 0 Å². The van der Waals surface area contributed by atoms with Crippen molar-refractivity contribution < 1.29 is 9.90 Å². The van der Waals surface area contributed by atoms with Crippen molar-refractivity contribution in [2.45, 2.75) is 6.42 Å². The van der Waals surface area contributed by atoms with Gasteiger partial charge < -0.3 is 21.1 Å². The number of nitrogens with zero attached hydrogens (tertiary/aromatic N) is 1. The van der Waals surface area contributed by atoms with E-state index in [-0.39, 0.29) is 0 Å². The Morgan fingerprint density at radius 1 is 1.62 bits per heavy atom. The maximum atomic E-state index is 10.1. The lowest BCUT2D eigenvalue weighted by atomic mass is 10.4. The average molecular weight is 186 g/mol. The summed E-state index contributed by atoms with van der Waals surface area (Å²) in [4.78, 5) is 14.2. The van der Waals surface area contributed by atoms with Crippen LogP contribution < -0.4 is 16.0 Å². The number of guanidine groups is 1. The summed E-state index contributed by atoms with van der Waals surface area (Å²) in [5, 5.41) is 16.7. The summed E-state index contributed by atoms with van der Waals surface area (Å²) < 4.78 is 0. The van der Waals surface area contributed by atoms with Gasteiger partial charge in [0.05, 0.1) is 6.54 Å². The Bertz CT molecular complexity index is 205. The van der Waals surface area contributed by atoms with Gasteiger partial charge in [-0.3, -0.25) is 4.99 Å². The van der Waals surface area contributed by atoms with Crippen molar-refractivity contribution in [1.29, 1.82) is 0 Å². The third-order valence-electron chi connectivity index (χ3n) is 1.60. The lowest BCUT2D eigenvalue weighted by Crippen LogP contribution is -2.35. The van der Waals surface area contributed by atoms with E-state index in [1.54, 1.807) is 0 Å². The van der Waals surface area contributed by atoms with E-state index in [1.807, 2.05) is 0 Å². The van der Waals surface area contributed by atoms with Crippen LogP contribution in [-0.4, -0.2) is 43.3 Å². The fourth-order valence-electron chi connectivity index (χ4n) is 1.01. The SMILES string of the molecule is O=C(O)NCCCNC1=NCCN1. The van der Waals surface area contributed by atoms with Gasteiger partial charge in [0.2, 0.25) is 0 Å². The van der Waals surface area contributed by atoms with E-state index < -0.39 is 6.09 Å². The summed E-state index contributed by atoms with van der Waals surface area (Å²) in [6.45, 7) is 2.90. The van der Waals surface area contributed by atoms with Crippen molar-refractivity contribution in [3.8, 4) is 0 Å². The molecule has 0 fully saturated rings. The molecule has 1 aliphatic rings. The van der Waals surface area contributed by atoms with E-state index in [4.69, 9.17) is 5.11 Å². The van der Waals surface area contributed by atoms with Crippen molar-refractivity contribution in [2.24, 2.45) is 4.99 Å². The molecular weight excluding hydrogens is 172 g/mol. The average Bonchev–Trinajstić information content (AvgIpc) is 2.55. The number of carboxylic acid groups (broad SMARTS) is 1. The lowest BCUT2D eigenvalue weighted by molar-refractivity contribution is 0.194. The maximum Gasteiger partial charge on any atom is 0.404 e. The smallest absolute Gasteiger partial charge is 0.404 e. The van der Waals surface area contributed by atoms with Crippen LogP contribution in [0.3, 0.4) is 0 Å². The first-order valence-corrected chi connectivity index (χ1v) is 4.28. The third-order valence-corrected chi connectivity index (χ3v) is 1.60. The minimum Gasteiger partial charge on any atom is -0.465 e. The fourth-order valence-corrected chi connectivity index (χ4v) is 1.01. The monoisotopic (exact) mass is 186 g/mol. The highest BCUT2D eigenvalue weighted by molar-refractivity contribution is 5.81. The second kappa shape index (κ2) is 5.23. The van der Waals surface area contributed by atoms with Gasteiger partial charge in [0.1, 0.15) is 0 Å². The highest BCUT2D eigenvalue weighted by atomic mass is 16.4. The molecule has 1 rings (SSSR count). The molecule has 0 saturated carbocycles. The van der Waals surface area contributed by atoms with E-state index >= 15 is 0 Å². The molecular formula is C7H14N4O2. The second-order valence-corrected chi connectivity index (χ2v) is 2.67. The predicted molar refractivity (Wildman–Crippen MR) is 49.0 cm³/mol. The first-order chi connectivity index (χ1) is 6.29. The summed E-state index contributed by atoms with van der Waals surface area (Å²) in [5.41, 5.74) is 0. The van der Waals surface area contributed by atoms with Crippen molar-refractivity contribution in [1.82, 2.24) is 16.0 Å². The molecule has 1 heterocycles. The quantitative estimate of drug-likeness (QED) is 0.433. The van der Waals surface area contributed by atoms with Crippen molar-refractivity contribution in [2.75, 3.05) is 26.2 Å². The van der Waals surface area contributed by atoms with Crippen LogP contribution in [0.2, 0.25) is 0 Å². The summed E-state index contributed by atoms with van der Waals surface area (Å²) in [6, 6.07) is 0. The molecule has 0 unspecified atom stereocenters. The number of hydrogen-bond acceptors (Lipinski definition) is 4. The van der Waals surface area contributed by atoms with Crippen LogP contribution >= 0.6 is 0 Å². The molecule has 13 heavy (non-hydrogen) atoms. The fraction of sp³-hybridized carbons (Fsp3) is 0.714. The standard InChI is InChI=1S/C7H14N4O2/c12-7(13)11-3-1-2-8-6-9-4-5-10-6/h11H,1-5H2,(H,12,13)(H2,8,9,10). The highest BCUT2D eigenvalue weighted by Crippen LogP contribution is 1.81. The van der Waals surface area contributed by atoms with Crippen LogP contribution in [-0.2, 0) is 0 Å². The number of rotatable bonds is 4. The van der Waals surface area contributed by atoms with Crippen LogP contribution in [0.15, 0.2) is 4.99 Å². The number of nitrogens with one attached hydrogen (secondary N) is 3. The number of amides is 1. The molecule has 0 bridgehead atoms. The van der Waals surface area contributed by atoms with Gasteiger partial charge in [-0.1, -0.05) is 0 Å². The zero-order valence-electron chi connectivity index (χ0n) is 7.34. The molecule has 6 heteroatoms. The molecule has 6 nitrogen and oxygen atoms in total. The molecule has 74 valence electrons. The topological polar surface area (TPSA) is 85.8 Å². The molecule has 0 aromatic heterocycles. The molecule has 1 aliphatic heterocycles. The lowest BCUT2D eigenvalue weighted by Gasteiger charge is -2.05. The van der Waals surface area contributed by atoms with Crippen molar-refractivity contribution in [3.63, 3.8) is 0 Å². The first kappa shape index (κ1) is 9.63. The van der Waals surface area contributed by atoms with Gasteiger partial charge in [0.25, 0.3) is 0 Å². The second-order valence-electron chi connectivity index (χ2n) is 2.67. The van der Waals surface area contributed by atoms with Gasteiger partial charge in [-0.25, -0.2) is 4.79 Å². The summed E-state index contributed by atoms with van der Waals surface area (Å²) in [5.74, 6) is 0.815. The summed E-state index contributed by atoms with van der Waals surface area (Å²) >= 11 is 0. The Morgan fingerprint density at radius 2 is 2.46 bits per heavy atom. The van der Waals surface area contributed by atoms with Gasteiger partial charge in [0.15, 0.2) is 5.96 Å². The molecule has 0 saturated heterocycles. The molecule has 1 amide bonds. The number of aliphatic imine (C=N–C) groups is 1. The van der Waals surface area contributed by atoms with Gasteiger partial charge in [-0.15, -0.1) is 0 Å². The van der Waals surface area contributed by atoms with Crippen LogP contribution in [0.1, 0.15) is 6.42 Å². The Labute approximate surface area is 76.4 Å². The molecule has 0 spiro atoms. The van der Waals surface area contributed by atoms with Gasteiger partial charge in [0, 0.05) is 19.6 Å². The molecule has 0 radical (unpaired) electrons. The minimum atomic E-state index is -0.976. The summed E-state index contributed by atoms with van der Waals surface area (Å²) in [6.07, 6.45) is -0.219. The van der Waals surface area contributed by atoms with Gasteiger partial charge >= 0.3 is 6.09 Å². The largest absolute Gasteiger partial charge is 0.465 e. The van der Waals surface area contributed by atoms with E-state index in [0.717, 1.165) is 32.0 Å². The number of hydrogen-bond donors (Lipinski definition) is 4. The van der Waals surface area contributed by atoms with Gasteiger partial charge in [-0.2, -0.15) is 0 Å². The predicted octanol–water partition coefficient (Wildman–Crippen LogP) is -0.807. The Hall–Kier alpha value is -1.46. The Kier molecular flexibility index (Phi) is 3.87. The van der Waals surface area contributed by atoms with E-state index in [0.29, 0.717) is 6.54 Å². The van der Waals surface area contributed by atoms with Crippen LogP contribution in [0.5, 0.6) is 0 Å². The van der Waals surface area contributed by atoms with Crippen molar-refractivity contribution in [3.05, 3.63) is 0 Å². The minimum absolute atomic E-state index is 0.468. The Morgan fingerprint density at radius 3 is 3.08 bits per heavy atom. The van der Waals surface area contributed by atoms with Crippen molar-refractivity contribution >= 4 is 12.1 Å². The first-order valence-electron chi connectivity index (χ1n) is 4.28. The van der Waals surface area contributed by atoms with Gasteiger partial charge in [-0.05, 0) is 6.42 Å². The highest BCUT2D eigenvalue weighted by Gasteiger charge is 2.02. The van der Waals surface area contributed by atoms with Crippen LogP contribution in [0.4, 0.5) is 4.79 Å². The molecule has 0 aromatic carbocycles. The summed E-state index contributed by atoms with van der Waals surface area (Å²) in [7, 11) is 0. The zero-order valence-corrected chi connectivity index (χ0v) is 7.34. The molecule has 4 N–H and O–H groups in total. The maximum absolute atomic E-state index is 10.1. The van der Waals surface area contributed by atoms with E-state index in [9.17, 15) is 4.79 Å². The molecule has 0 aromatic rings. The van der Waals surface area contributed by atoms with Crippen LogP contribution in [0.25, 0.3) is 0 Å². The Balaban J connectivity index is 1.92. The van der Waals surface area contributed by atoms with E-state index in [1.165, 1.54) is 0 Å². The number of carbonyl (C=O) groups is 1. The molecule has 0 aliphatic carbocycles. The molecule has 0 atom stereocenters. The third kappa shape index (κ3) is 4.19. The zero-order chi connectivity index (χ0) is 9.52. The normalized spacial score (nSPS) is 14.6.